The molecule has 38 heavy (non-hydrogen) atoms. The maximum absolute atomic E-state index is 13.9. The second-order valence-corrected chi connectivity index (χ2v) is 12.4. The minimum Gasteiger partial charge on any atom is -0.476 e. The van der Waals surface area contributed by atoms with Crippen LogP contribution < -0.4 is 5.56 Å². The molecule has 2 unspecified atom stereocenters. The quantitative estimate of drug-likeness (QED) is 0.419. The fourth-order valence-electron chi connectivity index (χ4n) is 8.11. The number of aromatic nitrogens is 2. The summed E-state index contributed by atoms with van der Waals surface area (Å²) in [6.45, 7) is 3.53. The molecule has 2 aliphatic carbocycles. The lowest BCUT2D eigenvalue weighted by atomic mass is 9.76. The van der Waals surface area contributed by atoms with Gasteiger partial charge < -0.3 is 14.5 Å². The number of carboxylic acid groups (broad SMARTS) is 1. The van der Waals surface area contributed by atoms with Crippen molar-refractivity contribution in [2.75, 3.05) is 0 Å². The van der Waals surface area contributed by atoms with E-state index in [0.717, 1.165) is 30.2 Å². The first-order chi connectivity index (χ1) is 18.4. The molecule has 2 saturated carbocycles. The molecule has 8 heteroatoms. The van der Waals surface area contributed by atoms with Crippen LogP contribution in [0.5, 0.6) is 0 Å². The molecule has 5 atom stereocenters. The van der Waals surface area contributed by atoms with Crippen molar-refractivity contribution in [3.8, 4) is 0 Å². The molecule has 1 aromatic heterocycles. The lowest BCUT2D eigenvalue weighted by Gasteiger charge is -2.48. The minimum absolute atomic E-state index is 0.00910. The number of hydrogen-bond acceptors (Lipinski definition) is 6. The number of nitrogens with zero attached hydrogens (tertiary/aromatic N) is 4. The summed E-state index contributed by atoms with van der Waals surface area (Å²) in [5, 5.41) is 13.7. The zero-order valence-electron chi connectivity index (χ0n) is 22.6. The van der Waals surface area contributed by atoms with Gasteiger partial charge in [-0.2, -0.15) is 0 Å². The van der Waals surface area contributed by atoms with Crippen LogP contribution in [0.3, 0.4) is 0 Å². The topological polar surface area (TPSA) is 97.0 Å². The third-order valence-corrected chi connectivity index (χ3v) is 9.48. The summed E-state index contributed by atoms with van der Waals surface area (Å²) >= 11 is 0. The highest BCUT2D eigenvalue weighted by Gasteiger charge is 2.47. The molecule has 4 aliphatic rings. The molecule has 1 aromatic carbocycles. The molecule has 2 saturated heterocycles. The summed E-state index contributed by atoms with van der Waals surface area (Å²) in [4.78, 5) is 38.7. The first kappa shape index (κ1) is 25.5. The summed E-state index contributed by atoms with van der Waals surface area (Å²) in [7, 11) is 0. The monoisotopic (exact) mass is 520 g/mol. The Labute approximate surface area is 224 Å². The van der Waals surface area contributed by atoms with Crippen LogP contribution in [0.2, 0.25) is 0 Å². The Morgan fingerprint density at radius 1 is 0.947 bits per heavy atom. The highest BCUT2D eigenvalue weighted by atomic mass is 16.6. The Balaban J connectivity index is 1.34. The zero-order chi connectivity index (χ0) is 26.4. The normalized spacial score (nSPS) is 31.9. The number of rotatable bonds is 6. The summed E-state index contributed by atoms with van der Waals surface area (Å²) in [6.07, 6.45) is 13.6. The maximum Gasteiger partial charge on any atom is 0.360 e. The van der Waals surface area contributed by atoms with Crippen LogP contribution in [0.4, 0.5) is 0 Å². The van der Waals surface area contributed by atoms with Crippen molar-refractivity contribution in [3.63, 3.8) is 0 Å². The number of piperidine rings is 1. The highest BCUT2D eigenvalue weighted by molar-refractivity contribution is 6.41. The zero-order valence-corrected chi connectivity index (χ0v) is 22.6. The Bertz CT molecular complexity index is 1260. The van der Waals surface area contributed by atoms with E-state index in [4.69, 9.17) is 4.84 Å². The molecule has 6 rings (SSSR count). The highest BCUT2D eigenvalue weighted by Crippen LogP contribution is 2.47. The van der Waals surface area contributed by atoms with Crippen LogP contribution in [-0.2, 0) is 9.63 Å². The molecule has 204 valence electrons. The Morgan fingerprint density at radius 2 is 1.61 bits per heavy atom. The van der Waals surface area contributed by atoms with Crippen molar-refractivity contribution in [2.45, 2.75) is 115 Å². The number of para-hydroxylation sites is 2. The number of oxime groups is 1. The van der Waals surface area contributed by atoms with Crippen molar-refractivity contribution in [3.05, 3.63) is 40.3 Å². The molecule has 4 bridgehead atoms. The molecule has 8 nitrogen and oxygen atoms in total. The van der Waals surface area contributed by atoms with Crippen molar-refractivity contribution < 1.29 is 14.7 Å². The molecule has 0 spiro atoms. The SMILES string of the molecule is CC(C)ON=C(C(=O)O)c1nc2ccccc2n([C@H]2C[C@H]3CC[C@@H](C2)N3C2CC3CCCCC(C3)C2)c1=O. The van der Waals surface area contributed by atoms with Gasteiger partial charge in [-0.25, -0.2) is 9.78 Å². The van der Waals surface area contributed by atoms with Crippen LogP contribution in [0.1, 0.15) is 96.2 Å². The third-order valence-electron chi connectivity index (χ3n) is 9.48. The molecular weight excluding hydrogens is 480 g/mol. The van der Waals surface area contributed by atoms with E-state index in [-0.39, 0.29) is 17.8 Å². The smallest absolute Gasteiger partial charge is 0.360 e. The molecule has 2 aliphatic heterocycles. The van der Waals surface area contributed by atoms with Crippen LogP contribution in [0, 0.1) is 11.8 Å². The fourth-order valence-corrected chi connectivity index (χ4v) is 8.11. The number of fused-ring (bicyclic) bond motifs is 5. The Kier molecular flexibility index (Phi) is 7.01. The van der Waals surface area contributed by atoms with E-state index >= 15 is 0 Å². The average molecular weight is 521 g/mol. The summed E-state index contributed by atoms with van der Waals surface area (Å²) in [5.41, 5.74) is 0.388. The Morgan fingerprint density at radius 3 is 2.24 bits per heavy atom. The van der Waals surface area contributed by atoms with Crippen LogP contribution in [-0.4, -0.2) is 55.5 Å². The van der Waals surface area contributed by atoms with Crippen LogP contribution in [0.25, 0.3) is 11.0 Å². The van der Waals surface area contributed by atoms with Gasteiger partial charge in [-0.05, 0) is 82.8 Å². The number of carboxylic acids is 1. The molecule has 3 heterocycles. The Hall–Kier alpha value is -2.74. The predicted molar refractivity (Wildman–Crippen MR) is 146 cm³/mol. The first-order valence-corrected chi connectivity index (χ1v) is 14.6. The lowest BCUT2D eigenvalue weighted by molar-refractivity contribution is -0.129. The number of benzene rings is 1. The average Bonchev–Trinajstić information content (AvgIpc) is 3.04. The largest absolute Gasteiger partial charge is 0.476 e. The van der Waals surface area contributed by atoms with Gasteiger partial charge in [-0.3, -0.25) is 9.69 Å². The van der Waals surface area contributed by atoms with Crippen molar-refractivity contribution in [1.29, 1.82) is 0 Å². The minimum atomic E-state index is -1.31. The summed E-state index contributed by atoms with van der Waals surface area (Å²) in [6, 6.07) is 9.18. The second-order valence-electron chi connectivity index (χ2n) is 12.4. The third kappa shape index (κ3) is 4.76. The van der Waals surface area contributed by atoms with Gasteiger partial charge >= 0.3 is 5.97 Å². The van der Waals surface area contributed by atoms with Crippen LogP contribution >= 0.6 is 0 Å². The van der Waals surface area contributed by atoms with E-state index in [9.17, 15) is 14.7 Å². The molecule has 4 fully saturated rings. The van der Waals surface area contributed by atoms with Gasteiger partial charge in [0.2, 0.25) is 5.71 Å². The van der Waals surface area contributed by atoms with Crippen molar-refractivity contribution >= 4 is 22.7 Å². The van der Waals surface area contributed by atoms with Gasteiger partial charge in [0.1, 0.15) is 6.10 Å². The molecular formula is C30H40N4O4. The standard InChI is InChI=1S/C30H40N4O4/c1-18(2)38-32-28(30(36)37)27-29(35)34(26-10-6-5-9-25(26)31-27)24-16-21-11-12-22(17-24)33(21)23-14-19-7-3-4-8-20(13-19)15-23/h5-6,9-10,18-24H,3-4,7-8,11-17H2,1-2H3,(H,36,37)/t19?,20?,21-,22+,23?,24+. The summed E-state index contributed by atoms with van der Waals surface area (Å²) < 4.78 is 1.83. The van der Waals surface area contributed by atoms with Gasteiger partial charge in [-0.1, -0.05) is 43.0 Å². The lowest BCUT2D eigenvalue weighted by Crippen LogP contribution is -2.52. The first-order valence-electron chi connectivity index (χ1n) is 14.6. The fraction of sp³-hybridized carbons (Fsp3) is 0.667. The number of carbonyl (C=O) groups is 1. The second kappa shape index (κ2) is 10.4. The van der Waals surface area contributed by atoms with Gasteiger partial charge in [0, 0.05) is 24.2 Å². The van der Waals surface area contributed by atoms with Crippen molar-refractivity contribution in [2.24, 2.45) is 17.0 Å². The molecule has 2 aromatic rings. The molecule has 0 amide bonds. The van der Waals surface area contributed by atoms with E-state index in [1.807, 2.05) is 28.8 Å². The van der Waals surface area contributed by atoms with E-state index < -0.39 is 17.2 Å². The van der Waals surface area contributed by atoms with E-state index in [1.165, 1.54) is 57.8 Å². The van der Waals surface area contributed by atoms with Crippen LogP contribution in [0.15, 0.2) is 34.2 Å². The van der Waals surface area contributed by atoms with E-state index in [1.54, 1.807) is 13.8 Å². The van der Waals surface area contributed by atoms with E-state index in [0.29, 0.717) is 23.6 Å². The van der Waals surface area contributed by atoms with Gasteiger partial charge in [0.15, 0.2) is 5.69 Å². The maximum atomic E-state index is 13.9. The molecule has 1 N–H and O–H groups in total. The number of hydrogen-bond donors (Lipinski definition) is 1. The predicted octanol–water partition coefficient (Wildman–Crippen LogP) is 5.14. The number of aliphatic carboxylic acids is 1. The van der Waals surface area contributed by atoms with Crippen molar-refractivity contribution in [1.82, 2.24) is 14.5 Å². The van der Waals surface area contributed by atoms with Gasteiger partial charge in [0.25, 0.3) is 5.56 Å². The molecule has 0 radical (unpaired) electrons. The van der Waals surface area contributed by atoms with E-state index in [2.05, 4.69) is 15.0 Å². The van der Waals surface area contributed by atoms with Gasteiger partial charge in [-0.15, -0.1) is 0 Å². The summed E-state index contributed by atoms with van der Waals surface area (Å²) in [5.74, 6) is 0.453. The van der Waals surface area contributed by atoms with Gasteiger partial charge in [0.05, 0.1) is 11.0 Å².